The van der Waals surface area contributed by atoms with Gasteiger partial charge < -0.3 is 9.40 Å². The van der Waals surface area contributed by atoms with Crippen LogP contribution in [0.1, 0.15) is 0 Å². The van der Waals surface area contributed by atoms with E-state index in [2.05, 4.69) is 4.98 Å². The van der Waals surface area contributed by atoms with Gasteiger partial charge in [0.25, 0.3) is 15.0 Å². The predicted octanol–water partition coefficient (Wildman–Crippen LogP) is 2.01. The molecule has 81 valence electrons. The van der Waals surface area contributed by atoms with Gasteiger partial charge >= 0.3 is 0 Å². The average molecular weight is 289 g/mol. The molecule has 2 aromatic rings. The van der Waals surface area contributed by atoms with Gasteiger partial charge in [-0.15, -0.1) is 0 Å². The molecule has 16 heavy (non-hydrogen) atoms. The molecule has 9 heteroatoms. The standard InChI is InChI=1S/C7H4ClNO4S2.Na/c8-3-1-4-6(13-7(14)9-4)5(2-3)15(10,11)12;/h1-2H,(H,9,14)(H,10,11,12);. The molecule has 0 saturated heterocycles. The molecule has 1 aromatic heterocycles. The van der Waals surface area contributed by atoms with Crippen molar-refractivity contribution in [2.24, 2.45) is 0 Å². The van der Waals surface area contributed by atoms with Crippen molar-refractivity contribution in [2.45, 2.75) is 4.90 Å². The summed E-state index contributed by atoms with van der Waals surface area (Å²) in [5, 5.41) is 0.155. The van der Waals surface area contributed by atoms with Gasteiger partial charge in [-0.1, -0.05) is 11.6 Å². The maximum absolute atomic E-state index is 11.0. The van der Waals surface area contributed by atoms with E-state index >= 15 is 0 Å². The second-order valence-corrected chi connectivity index (χ2v) is 4.97. The molecule has 1 radical (unpaired) electrons. The topological polar surface area (TPSA) is 83.3 Å². The fraction of sp³-hybridized carbons (Fsp3) is 0. The Bertz CT molecular complexity index is 690. The minimum absolute atomic E-state index is 0. The first-order valence-corrected chi connectivity index (χ1v) is 5.90. The van der Waals surface area contributed by atoms with E-state index in [0.29, 0.717) is 5.52 Å². The quantitative estimate of drug-likeness (QED) is 0.476. The van der Waals surface area contributed by atoms with E-state index in [1.54, 1.807) is 0 Å². The molecule has 0 atom stereocenters. The molecule has 1 aromatic carbocycles. The van der Waals surface area contributed by atoms with Crippen molar-refractivity contribution >= 4 is 74.6 Å². The van der Waals surface area contributed by atoms with Gasteiger partial charge in [-0.05, 0) is 24.4 Å². The van der Waals surface area contributed by atoms with Crippen LogP contribution in [-0.2, 0) is 10.1 Å². The Kier molecular flexibility index (Phi) is 4.23. The number of aromatic nitrogens is 1. The zero-order valence-corrected chi connectivity index (χ0v) is 12.4. The Morgan fingerprint density at radius 1 is 1.44 bits per heavy atom. The van der Waals surface area contributed by atoms with Gasteiger partial charge in [-0.2, -0.15) is 8.42 Å². The molecule has 5 nitrogen and oxygen atoms in total. The van der Waals surface area contributed by atoms with E-state index < -0.39 is 15.0 Å². The largest absolute Gasteiger partial charge is 0.428 e. The van der Waals surface area contributed by atoms with Crippen molar-refractivity contribution < 1.29 is 17.4 Å². The van der Waals surface area contributed by atoms with Gasteiger partial charge in [0.1, 0.15) is 4.90 Å². The van der Waals surface area contributed by atoms with Gasteiger partial charge in [0.2, 0.25) is 0 Å². The molecule has 2 rings (SSSR count). The number of rotatable bonds is 1. The molecule has 1 heterocycles. The molecule has 0 saturated carbocycles. The first-order chi connectivity index (χ1) is 6.88. The molecule has 0 bridgehead atoms. The Balaban J connectivity index is 0.00000128. The van der Waals surface area contributed by atoms with Crippen molar-refractivity contribution in [3.8, 4) is 0 Å². The minimum Gasteiger partial charge on any atom is -0.428 e. The second-order valence-electron chi connectivity index (χ2n) is 2.77. The van der Waals surface area contributed by atoms with Crippen LogP contribution in [0.4, 0.5) is 0 Å². The van der Waals surface area contributed by atoms with Crippen LogP contribution in [-0.4, -0.2) is 47.5 Å². The summed E-state index contributed by atoms with van der Waals surface area (Å²) in [5.74, 6) is 0. The number of aromatic amines is 1. The minimum atomic E-state index is -4.38. The molecule has 0 fully saturated rings. The van der Waals surface area contributed by atoms with Gasteiger partial charge in [-0.3, -0.25) is 4.55 Å². The summed E-state index contributed by atoms with van der Waals surface area (Å²) in [6.45, 7) is 0. The fourth-order valence-corrected chi connectivity index (χ4v) is 2.32. The number of fused-ring (bicyclic) bond motifs is 1. The summed E-state index contributed by atoms with van der Waals surface area (Å²) in [4.78, 5) is 2.21. The summed E-state index contributed by atoms with van der Waals surface area (Å²) < 4.78 is 35.9. The van der Waals surface area contributed by atoms with Crippen molar-refractivity contribution in [1.82, 2.24) is 4.98 Å². The molecule has 0 spiro atoms. The number of hydrogen-bond donors (Lipinski definition) is 2. The zero-order valence-electron chi connectivity index (χ0n) is 8.02. The third-order valence-corrected chi connectivity index (χ3v) is 2.99. The molecule has 0 amide bonds. The summed E-state index contributed by atoms with van der Waals surface area (Å²) in [7, 11) is -4.38. The normalized spacial score (nSPS) is 11.4. The van der Waals surface area contributed by atoms with E-state index in [1.165, 1.54) is 6.07 Å². The van der Waals surface area contributed by atoms with Gasteiger partial charge in [-0.25, -0.2) is 0 Å². The van der Waals surface area contributed by atoms with Crippen LogP contribution < -0.4 is 0 Å². The molecule has 0 aliphatic heterocycles. The molecule has 0 unspecified atom stereocenters. The van der Waals surface area contributed by atoms with Crippen LogP contribution in [0, 0.1) is 4.84 Å². The van der Waals surface area contributed by atoms with E-state index in [-0.39, 0.29) is 45.0 Å². The first kappa shape index (κ1) is 14.2. The van der Waals surface area contributed by atoms with Crippen LogP contribution in [0.2, 0.25) is 5.02 Å². The Morgan fingerprint density at radius 2 is 2.06 bits per heavy atom. The zero-order chi connectivity index (χ0) is 11.2. The maximum Gasteiger partial charge on any atom is 0.298 e. The van der Waals surface area contributed by atoms with E-state index in [1.807, 2.05) is 0 Å². The van der Waals surface area contributed by atoms with Crippen molar-refractivity contribution in [3.05, 3.63) is 22.0 Å². The first-order valence-electron chi connectivity index (χ1n) is 3.68. The molecule has 2 N–H and O–H groups in total. The Morgan fingerprint density at radius 3 is 2.62 bits per heavy atom. The number of nitrogens with one attached hydrogen (secondary N) is 1. The van der Waals surface area contributed by atoms with Crippen molar-refractivity contribution in [2.75, 3.05) is 0 Å². The van der Waals surface area contributed by atoms with Gasteiger partial charge in [0.05, 0.1) is 5.52 Å². The SMILES string of the molecule is O=S(=O)(O)c1cc(Cl)cc2[nH]c(=S)oc12.[Na]. The predicted molar refractivity (Wildman–Crippen MR) is 62.0 cm³/mol. The fourth-order valence-electron chi connectivity index (χ4n) is 1.19. The number of oxazole rings is 1. The van der Waals surface area contributed by atoms with E-state index in [4.69, 9.17) is 32.8 Å². The third-order valence-electron chi connectivity index (χ3n) is 1.73. The number of hydrogen-bond acceptors (Lipinski definition) is 4. The molecule has 0 aliphatic rings. The summed E-state index contributed by atoms with van der Waals surface area (Å²) in [5.41, 5.74) is 0.284. The van der Waals surface area contributed by atoms with Crippen LogP contribution in [0.5, 0.6) is 0 Å². The number of halogens is 1. The van der Waals surface area contributed by atoms with Crippen LogP contribution >= 0.6 is 23.8 Å². The molecular weight excluding hydrogens is 285 g/mol. The second kappa shape index (κ2) is 4.77. The molecular formula is C7H4ClNNaO4S2. The van der Waals surface area contributed by atoms with Crippen LogP contribution in [0.25, 0.3) is 11.1 Å². The van der Waals surface area contributed by atoms with Crippen LogP contribution in [0.3, 0.4) is 0 Å². The van der Waals surface area contributed by atoms with Gasteiger partial charge in [0.15, 0.2) is 5.58 Å². The monoisotopic (exact) mass is 288 g/mol. The summed E-state index contributed by atoms with van der Waals surface area (Å²) in [6.07, 6.45) is 0. The number of benzene rings is 1. The maximum atomic E-state index is 11.0. The van der Waals surface area contributed by atoms with Crippen molar-refractivity contribution in [1.29, 1.82) is 0 Å². The van der Waals surface area contributed by atoms with E-state index in [0.717, 1.165) is 6.07 Å². The molecule has 0 aliphatic carbocycles. The summed E-state index contributed by atoms with van der Waals surface area (Å²) in [6, 6.07) is 2.54. The number of H-pyrrole nitrogens is 1. The smallest absolute Gasteiger partial charge is 0.298 e. The average Bonchev–Trinajstić information content (AvgIpc) is 2.41. The van der Waals surface area contributed by atoms with Gasteiger partial charge in [0, 0.05) is 34.6 Å². The van der Waals surface area contributed by atoms with Crippen molar-refractivity contribution in [3.63, 3.8) is 0 Å². The Hall–Kier alpha value is 0.110. The Labute approximate surface area is 123 Å². The third kappa shape index (κ3) is 2.67. The van der Waals surface area contributed by atoms with Crippen LogP contribution in [0.15, 0.2) is 21.4 Å². The van der Waals surface area contributed by atoms with E-state index in [9.17, 15) is 8.42 Å². The summed E-state index contributed by atoms with van der Waals surface area (Å²) >= 11 is 10.4.